The van der Waals surface area contributed by atoms with Crippen molar-refractivity contribution in [2.75, 3.05) is 12.8 Å². The highest BCUT2D eigenvalue weighted by Gasteiger charge is 2.31. The highest BCUT2D eigenvalue weighted by molar-refractivity contribution is 5.75. The number of nitriles is 1. The van der Waals surface area contributed by atoms with Gasteiger partial charge in [0.1, 0.15) is 5.75 Å². The van der Waals surface area contributed by atoms with Gasteiger partial charge in [0.2, 0.25) is 0 Å². The number of anilines is 1. The lowest BCUT2D eigenvalue weighted by Gasteiger charge is -2.12. The van der Waals surface area contributed by atoms with Crippen molar-refractivity contribution in [2.24, 2.45) is 0 Å². The Labute approximate surface area is 119 Å². The second-order valence-electron chi connectivity index (χ2n) is 4.33. The van der Waals surface area contributed by atoms with Gasteiger partial charge in [0.15, 0.2) is 0 Å². The first kappa shape index (κ1) is 14.7. The first-order valence-corrected chi connectivity index (χ1v) is 5.92. The number of hydrogen-bond donors (Lipinski definition) is 1. The molecule has 0 saturated heterocycles. The highest BCUT2D eigenvalue weighted by atomic mass is 19.4. The third kappa shape index (κ3) is 2.92. The van der Waals surface area contributed by atoms with Crippen LogP contribution < -0.4 is 10.5 Å². The van der Waals surface area contributed by atoms with Crippen molar-refractivity contribution in [1.82, 2.24) is 0 Å². The number of halogens is 3. The van der Waals surface area contributed by atoms with Gasteiger partial charge in [-0.05, 0) is 35.9 Å². The van der Waals surface area contributed by atoms with Crippen LogP contribution in [-0.2, 0) is 6.18 Å². The van der Waals surface area contributed by atoms with Crippen molar-refractivity contribution < 1.29 is 17.9 Å². The Kier molecular flexibility index (Phi) is 3.76. The quantitative estimate of drug-likeness (QED) is 0.856. The molecule has 0 aromatic heterocycles. The van der Waals surface area contributed by atoms with E-state index in [0.717, 1.165) is 18.2 Å². The van der Waals surface area contributed by atoms with E-state index in [-0.39, 0.29) is 11.1 Å². The maximum Gasteiger partial charge on any atom is 0.416 e. The zero-order chi connectivity index (χ0) is 15.6. The monoisotopic (exact) mass is 292 g/mol. The molecule has 0 unspecified atom stereocenters. The SMILES string of the molecule is COc1cc(-c2cc(C(F)(F)F)ccc2C#N)ccc1N. The number of benzene rings is 2. The molecule has 108 valence electrons. The van der Waals surface area contributed by atoms with Gasteiger partial charge in [-0.2, -0.15) is 18.4 Å². The summed E-state index contributed by atoms with van der Waals surface area (Å²) in [4.78, 5) is 0. The van der Waals surface area contributed by atoms with Crippen LogP contribution in [0.15, 0.2) is 36.4 Å². The molecule has 0 fully saturated rings. The fourth-order valence-electron chi connectivity index (χ4n) is 1.94. The lowest BCUT2D eigenvalue weighted by Crippen LogP contribution is -2.05. The van der Waals surface area contributed by atoms with Crippen molar-refractivity contribution in [3.8, 4) is 22.9 Å². The van der Waals surface area contributed by atoms with E-state index >= 15 is 0 Å². The van der Waals surface area contributed by atoms with Crippen LogP contribution in [0.5, 0.6) is 5.75 Å². The van der Waals surface area contributed by atoms with Crippen LogP contribution in [-0.4, -0.2) is 7.11 Å². The third-order valence-corrected chi connectivity index (χ3v) is 3.01. The summed E-state index contributed by atoms with van der Waals surface area (Å²) in [5.74, 6) is 0.341. The standard InChI is InChI=1S/C15H11F3N2O/c1-21-14-6-9(3-5-13(14)20)12-7-11(15(16,17)18)4-2-10(12)8-19/h2-7H,20H2,1H3. The van der Waals surface area contributed by atoms with Crippen LogP contribution in [0, 0.1) is 11.3 Å². The molecule has 0 aliphatic carbocycles. The molecule has 21 heavy (non-hydrogen) atoms. The average Bonchev–Trinajstić information content (AvgIpc) is 2.46. The molecule has 0 aliphatic rings. The van der Waals surface area contributed by atoms with Crippen molar-refractivity contribution in [1.29, 1.82) is 5.26 Å². The topological polar surface area (TPSA) is 59.0 Å². The van der Waals surface area contributed by atoms with Crippen LogP contribution >= 0.6 is 0 Å². The number of nitrogens with zero attached hydrogens (tertiary/aromatic N) is 1. The molecule has 2 N–H and O–H groups in total. The van der Waals surface area contributed by atoms with Crippen LogP contribution in [0.25, 0.3) is 11.1 Å². The molecule has 0 amide bonds. The zero-order valence-corrected chi connectivity index (χ0v) is 11.0. The molecule has 0 heterocycles. The summed E-state index contributed by atoms with van der Waals surface area (Å²) in [6.07, 6.45) is -4.47. The summed E-state index contributed by atoms with van der Waals surface area (Å²) in [6, 6.07) is 9.45. The lowest BCUT2D eigenvalue weighted by atomic mass is 9.97. The van der Waals surface area contributed by atoms with Gasteiger partial charge in [0.25, 0.3) is 0 Å². The Morgan fingerprint density at radius 1 is 1.14 bits per heavy atom. The molecular weight excluding hydrogens is 281 g/mol. The van der Waals surface area contributed by atoms with Crippen LogP contribution in [0.4, 0.5) is 18.9 Å². The van der Waals surface area contributed by atoms with Gasteiger partial charge in [0, 0.05) is 5.56 Å². The van der Waals surface area contributed by atoms with E-state index in [1.54, 1.807) is 6.07 Å². The van der Waals surface area contributed by atoms with Crippen molar-refractivity contribution >= 4 is 5.69 Å². The average molecular weight is 292 g/mol. The second-order valence-corrected chi connectivity index (χ2v) is 4.33. The Bertz CT molecular complexity index is 718. The minimum atomic E-state index is -4.47. The molecule has 3 nitrogen and oxygen atoms in total. The van der Waals surface area contributed by atoms with Crippen LogP contribution in [0.1, 0.15) is 11.1 Å². The van der Waals surface area contributed by atoms with Gasteiger partial charge >= 0.3 is 6.18 Å². The lowest BCUT2D eigenvalue weighted by molar-refractivity contribution is -0.137. The van der Waals surface area contributed by atoms with Gasteiger partial charge in [-0.3, -0.25) is 0 Å². The van der Waals surface area contributed by atoms with Crippen molar-refractivity contribution in [2.45, 2.75) is 6.18 Å². The summed E-state index contributed by atoms with van der Waals surface area (Å²) in [5, 5.41) is 9.07. The van der Waals surface area contributed by atoms with Gasteiger partial charge in [-0.1, -0.05) is 6.07 Å². The maximum absolute atomic E-state index is 12.8. The van der Waals surface area contributed by atoms with E-state index in [1.165, 1.54) is 19.2 Å². The predicted octanol–water partition coefficient (Wildman–Crippen LogP) is 3.83. The molecule has 0 aliphatic heterocycles. The molecule has 2 aromatic rings. The fourth-order valence-corrected chi connectivity index (χ4v) is 1.94. The molecule has 0 saturated carbocycles. The molecule has 2 aromatic carbocycles. The number of nitrogen functional groups attached to an aromatic ring is 1. The zero-order valence-electron chi connectivity index (χ0n) is 11.0. The molecular formula is C15H11F3N2O. The first-order valence-electron chi connectivity index (χ1n) is 5.92. The van der Waals surface area contributed by atoms with Gasteiger partial charge in [-0.15, -0.1) is 0 Å². The first-order chi connectivity index (χ1) is 9.86. The summed E-state index contributed by atoms with van der Waals surface area (Å²) in [5.41, 5.74) is 6.00. The van der Waals surface area contributed by atoms with Crippen molar-refractivity contribution in [3.63, 3.8) is 0 Å². The number of nitrogens with two attached hydrogens (primary N) is 1. The van der Waals surface area contributed by atoms with E-state index in [4.69, 9.17) is 15.7 Å². The summed E-state index contributed by atoms with van der Waals surface area (Å²) < 4.78 is 43.5. The Morgan fingerprint density at radius 3 is 2.43 bits per heavy atom. The molecule has 6 heteroatoms. The largest absolute Gasteiger partial charge is 0.495 e. The highest BCUT2D eigenvalue weighted by Crippen LogP contribution is 2.35. The summed E-state index contributed by atoms with van der Waals surface area (Å²) in [7, 11) is 1.41. The molecule has 2 rings (SSSR count). The predicted molar refractivity (Wildman–Crippen MR) is 72.6 cm³/mol. The number of ether oxygens (including phenoxy) is 1. The Hall–Kier alpha value is -2.68. The minimum Gasteiger partial charge on any atom is -0.495 e. The number of rotatable bonds is 2. The third-order valence-electron chi connectivity index (χ3n) is 3.01. The number of methoxy groups -OCH3 is 1. The van der Waals surface area contributed by atoms with E-state index in [9.17, 15) is 13.2 Å². The normalized spacial score (nSPS) is 11.0. The van der Waals surface area contributed by atoms with E-state index in [0.29, 0.717) is 17.0 Å². The second kappa shape index (κ2) is 5.37. The van der Waals surface area contributed by atoms with Crippen molar-refractivity contribution in [3.05, 3.63) is 47.5 Å². The van der Waals surface area contributed by atoms with Gasteiger partial charge in [0.05, 0.1) is 30.0 Å². The van der Waals surface area contributed by atoms with E-state index in [2.05, 4.69) is 0 Å². The Morgan fingerprint density at radius 2 is 1.86 bits per heavy atom. The van der Waals surface area contributed by atoms with Gasteiger partial charge in [-0.25, -0.2) is 0 Å². The number of alkyl halides is 3. The molecule has 0 bridgehead atoms. The van der Waals surface area contributed by atoms with Crippen LogP contribution in [0.2, 0.25) is 0 Å². The molecule has 0 atom stereocenters. The summed E-state index contributed by atoms with van der Waals surface area (Å²) in [6.45, 7) is 0. The Balaban J connectivity index is 2.64. The molecule has 0 spiro atoms. The van der Waals surface area contributed by atoms with Gasteiger partial charge < -0.3 is 10.5 Å². The number of hydrogen-bond acceptors (Lipinski definition) is 3. The maximum atomic E-state index is 12.8. The van der Waals surface area contributed by atoms with E-state index < -0.39 is 11.7 Å². The minimum absolute atomic E-state index is 0.148. The molecule has 0 radical (unpaired) electrons. The van der Waals surface area contributed by atoms with E-state index in [1.807, 2.05) is 6.07 Å². The smallest absolute Gasteiger partial charge is 0.416 e. The summed E-state index contributed by atoms with van der Waals surface area (Å²) >= 11 is 0. The fraction of sp³-hybridized carbons (Fsp3) is 0.133. The van der Waals surface area contributed by atoms with Crippen LogP contribution in [0.3, 0.4) is 0 Å².